The van der Waals surface area contributed by atoms with Crippen LogP contribution < -0.4 is 10.5 Å². The van der Waals surface area contributed by atoms with Crippen molar-refractivity contribution >= 4 is 27.0 Å². The summed E-state index contributed by atoms with van der Waals surface area (Å²) in [5.41, 5.74) is 3.28. The van der Waals surface area contributed by atoms with E-state index in [2.05, 4.69) is 10.3 Å². The molecule has 96 valence electrons. The van der Waals surface area contributed by atoms with Gasteiger partial charge in [-0.3, -0.25) is 0 Å². The Morgan fingerprint density at radius 2 is 2.11 bits per heavy atom. The van der Waals surface area contributed by atoms with Gasteiger partial charge in [-0.05, 0) is 12.1 Å². The highest BCUT2D eigenvalue weighted by Crippen LogP contribution is 2.19. The molecule has 2 aromatic rings. The molecular formula is C11H13N3O2S2. The van der Waals surface area contributed by atoms with E-state index in [9.17, 15) is 8.42 Å². The predicted molar refractivity (Wildman–Crippen MR) is 72.1 cm³/mol. The van der Waals surface area contributed by atoms with Crippen molar-refractivity contribution in [2.45, 2.75) is 11.3 Å². The smallest absolute Gasteiger partial charge is 0.240 e. The summed E-state index contributed by atoms with van der Waals surface area (Å²) in [6.07, 6.45) is 0.739. The fraction of sp³-hybridized carbons (Fsp3) is 0.182. The largest absolute Gasteiger partial charge is 0.384 e. The van der Waals surface area contributed by atoms with Crippen molar-refractivity contribution < 1.29 is 8.42 Å². The summed E-state index contributed by atoms with van der Waals surface area (Å²) in [6, 6.07) is 6.59. The van der Waals surface area contributed by atoms with Crippen LogP contribution in [0, 0.1) is 0 Å². The number of thiazole rings is 1. The molecule has 7 heteroatoms. The molecule has 0 saturated carbocycles. The highest BCUT2D eigenvalue weighted by atomic mass is 32.2. The van der Waals surface area contributed by atoms with Gasteiger partial charge in [0.15, 0.2) is 0 Å². The molecule has 2 rings (SSSR count). The molecule has 0 amide bonds. The Kier molecular flexibility index (Phi) is 3.95. The fourth-order valence-electron chi connectivity index (χ4n) is 1.55. The second-order valence-corrected chi connectivity index (χ2v) is 5.95. The summed E-state index contributed by atoms with van der Waals surface area (Å²) in [5, 5.41) is 10.2. The van der Waals surface area contributed by atoms with Crippen LogP contribution in [-0.2, 0) is 16.4 Å². The number of hydrogen-bond acceptors (Lipinski definition) is 5. The number of benzene rings is 1. The molecule has 0 saturated heterocycles. The van der Waals surface area contributed by atoms with E-state index in [-0.39, 0.29) is 4.90 Å². The second-order valence-electron chi connectivity index (χ2n) is 3.70. The van der Waals surface area contributed by atoms with E-state index in [4.69, 9.17) is 5.14 Å². The van der Waals surface area contributed by atoms with Crippen molar-refractivity contribution in [3.8, 4) is 0 Å². The van der Waals surface area contributed by atoms with Crippen LogP contribution in [0.2, 0.25) is 0 Å². The molecule has 0 spiro atoms. The minimum Gasteiger partial charge on any atom is -0.384 e. The van der Waals surface area contributed by atoms with Crippen molar-refractivity contribution in [3.05, 3.63) is 40.8 Å². The number of nitrogens with zero attached hydrogens (tertiary/aromatic N) is 1. The van der Waals surface area contributed by atoms with E-state index < -0.39 is 10.0 Å². The van der Waals surface area contributed by atoms with Gasteiger partial charge in [-0.15, -0.1) is 11.3 Å². The summed E-state index contributed by atoms with van der Waals surface area (Å²) in [7, 11) is -3.69. The van der Waals surface area contributed by atoms with Gasteiger partial charge in [0, 0.05) is 18.3 Å². The third-order valence-corrected chi connectivity index (χ3v) is 3.98. The Morgan fingerprint density at radius 1 is 1.33 bits per heavy atom. The molecule has 0 aliphatic carbocycles. The lowest BCUT2D eigenvalue weighted by Gasteiger charge is -2.09. The third kappa shape index (κ3) is 3.28. The number of anilines is 1. The van der Waals surface area contributed by atoms with E-state index in [0.29, 0.717) is 12.2 Å². The standard InChI is InChI=1S/C11H13N3O2S2/c12-18(15,16)11-4-2-1-3-10(11)13-6-5-9-7-17-8-14-9/h1-4,7-8,13H,5-6H2,(H2,12,15,16). The minimum atomic E-state index is -3.69. The Labute approximate surface area is 110 Å². The van der Waals surface area contributed by atoms with Gasteiger partial charge in [-0.25, -0.2) is 18.5 Å². The first-order valence-corrected chi connectivity index (χ1v) is 7.79. The molecule has 5 nitrogen and oxygen atoms in total. The molecule has 3 N–H and O–H groups in total. The first kappa shape index (κ1) is 13.0. The van der Waals surface area contributed by atoms with E-state index in [1.165, 1.54) is 17.4 Å². The highest BCUT2D eigenvalue weighted by Gasteiger charge is 2.12. The number of aromatic nitrogens is 1. The van der Waals surface area contributed by atoms with Crippen LogP contribution in [0.4, 0.5) is 5.69 Å². The fourth-order valence-corrected chi connectivity index (χ4v) is 2.85. The van der Waals surface area contributed by atoms with Crippen LogP contribution >= 0.6 is 11.3 Å². The zero-order valence-corrected chi connectivity index (χ0v) is 11.2. The summed E-state index contributed by atoms with van der Waals surface area (Å²) < 4.78 is 22.7. The maximum atomic E-state index is 11.4. The average Bonchev–Trinajstić information content (AvgIpc) is 2.81. The van der Waals surface area contributed by atoms with E-state index in [1.54, 1.807) is 23.7 Å². The van der Waals surface area contributed by atoms with Crippen LogP contribution in [0.1, 0.15) is 5.69 Å². The maximum Gasteiger partial charge on any atom is 0.240 e. The Bertz CT molecular complexity index is 609. The molecule has 0 radical (unpaired) electrons. The van der Waals surface area contributed by atoms with Crippen LogP contribution in [-0.4, -0.2) is 19.9 Å². The summed E-state index contributed by atoms with van der Waals surface area (Å²) in [4.78, 5) is 4.27. The predicted octanol–water partition coefficient (Wildman–Crippen LogP) is 1.45. The Hall–Kier alpha value is -1.44. The van der Waals surface area contributed by atoms with Crippen LogP contribution in [0.15, 0.2) is 40.1 Å². The van der Waals surface area contributed by atoms with Crippen molar-refractivity contribution in [3.63, 3.8) is 0 Å². The number of hydrogen-bond donors (Lipinski definition) is 2. The van der Waals surface area contributed by atoms with Gasteiger partial charge in [-0.2, -0.15) is 0 Å². The first-order chi connectivity index (χ1) is 8.57. The normalized spacial score (nSPS) is 11.4. The Balaban J connectivity index is 2.06. The lowest BCUT2D eigenvalue weighted by atomic mass is 10.3. The number of primary sulfonamides is 1. The van der Waals surface area contributed by atoms with Crippen LogP contribution in [0.25, 0.3) is 0 Å². The van der Waals surface area contributed by atoms with E-state index in [0.717, 1.165) is 12.1 Å². The van der Waals surface area contributed by atoms with Gasteiger partial charge in [-0.1, -0.05) is 12.1 Å². The van der Waals surface area contributed by atoms with Crippen molar-refractivity contribution in [2.24, 2.45) is 5.14 Å². The molecular weight excluding hydrogens is 270 g/mol. The zero-order valence-electron chi connectivity index (χ0n) is 9.54. The molecule has 1 heterocycles. The van der Waals surface area contributed by atoms with E-state index in [1.807, 2.05) is 5.38 Å². The Morgan fingerprint density at radius 3 is 2.78 bits per heavy atom. The van der Waals surface area contributed by atoms with Gasteiger partial charge < -0.3 is 5.32 Å². The van der Waals surface area contributed by atoms with E-state index >= 15 is 0 Å². The van der Waals surface area contributed by atoms with Crippen LogP contribution in [0.5, 0.6) is 0 Å². The van der Waals surface area contributed by atoms with Gasteiger partial charge in [0.1, 0.15) is 4.90 Å². The van der Waals surface area contributed by atoms with Crippen molar-refractivity contribution in [1.82, 2.24) is 4.98 Å². The van der Waals surface area contributed by atoms with Crippen molar-refractivity contribution in [2.75, 3.05) is 11.9 Å². The van der Waals surface area contributed by atoms with Gasteiger partial charge in [0.2, 0.25) is 10.0 Å². The molecule has 0 atom stereocenters. The third-order valence-electron chi connectivity index (χ3n) is 2.37. The summed E-state index contributed by atoms with van der Waals surface area (Å²) in [5.74, 6) is 0. The maximum absolute atomic E-state index is 11.4. The summed E-state index contributed by atoms with van der Waals surface area (Å²) in [6.45, 7) is 0.607. The number of sulfonamides is 1. The monoisotopic (exact) mass is 283 g/mol. The van der Waals surface area contributed by atoms with Gasteiger partial charge in [0.05, 0.1) is 16.9 Å². The molecule has 1 aromatic carbocycles. The van der Waals surface area contributed by atoms with Gasteiger partial charge >= 0.3 is 0 Å². The molecule has 0 unspecified atom stereocenters. The lowest BCUT2D eigenvalue weighted by molar-refractivity contribution is 0.598. The topological polar surface area (TPSA) is 85.1 Å². The molecule has 0 fully saturated rings. The molecule has 1 aromatic heterocycles. The van der Waals surface area contributed by atoms with Crippen LogP contribution in [0.3, 0.4) is 0 Å². The van der Waals surface area contributed by atoms with Crippen molar-refractivity contribution in [1.29, 1.82) is 0 Å². The number of nitrogens with one attached hydrogen (secondary N) is 1. The quantitative estimate of drug-likeness (QED) is 0.869. The molecule has 0 aliphatic rings. The van der Waals surface area contributed by atoms with Gasteiger partial charge in [0.25, 0.3) is 0 Å². The molecule has 0 aliphatic heterocycles. The molecule has 18 heavy (non-hydrogen) atoms. The molecule has 0 bridgehead atoms. The first-order valence-electron chi connectivity index (χ1n) is 5.30. The highest BCUT2D eigenvalue weighted by molar-refractivity contribution is 7.89. The number of rotatable bonds is 5. The zero-order chi connectivity index (χ0) is 13.0. The number of para-hydroxylation sites is 1. The average molecular weight is 283 g/mol. The second kappa shape index (κ2) is 5.47. The summed E-state index contributed by atoms with van der Waals surface area (Å²) >= 11 is 1.54. The lowest BCUT2D eigenvalue weighted by Crippen LogP contribution is -2.16. The SMILES string of the molecule is NS(=O)(=O)c1ccccc1NCCc1cscn1. The minimum absolute atomic E-state index is 0.114. The number of nitrogens with two attached hydrogens (primary N) is 1.